The zero-order valence-electron chi connectivity index (χ0n) is 15.7. The van der Waals surface area contributed by atoms with Crippen molar-refractivity contribution >= 4 is 16.6 Å². The predicted octanol–water partition coefficient (Wildman–Crippen LogP) is 3.33. The molecular weight excluding hydrogens is 356 g/mol. The van der Waals surface area contributed by atoms with Crippen LogP contribution in [0.2, 0.25) is 0 Å². The normalized spacial score (nSPS) is 11.7. The molecule has 0 atom stereocenters. The number of rotatable bonds is 3. The van der Waals surface area contributed by atoms with Gasteiger partial charge in [0.25, 0.3) is 5.56 Å². The highest BCUT2D eigenvalue weighted by Gasteiger charge is 2.19. The lowest BCUT2D eigenvalue weighted by molar-refractivity contribution is 0.542. The molecule has 0 amide bonds. The van der Waals surface area contributed by atoms with E-state index in [0.717, 1.165) is 28.7 Å². The van der Waals surface area contributed by atoms with Gasteiger partial charge in [-0.1, -0.05) is 12.1 Å². The monoisotopic (exact) mass is 374 g/mol. The van der Waals surface area contributed by atoms with E-state index in [9.17, 15) is 4.79 Å². The zero-order valence-corrected chi connectivity index (χ0v) is 15.7. The highest BCUT2D eigenvalue weighted by atomic mass is 16.4. The molecule has 0 saturated carbocycles. The SMILES string of the molecule is CCn1ncc2c(-c3cc(=O)n4[nH]c(C)c(-c5ncc(C)o5)c4n3)cccc21. The number of fused-ring (bicyclic) bond motifs is 2. The first-order valence-electron chi connectivity index (χ1n) is 9.07. The number of aryl methyl sites for hydroxylation is 3. The van der Waals surface area contributed by atoms with Crippen LogP contribution in [0.25, 0.3) is 39.3 Å². The minimum atomic E-state index is -0.197. The molecule has 0 spiro atoms. The van der Waals surface area contributed by atoms with Gasteiger partial charge in [0.15, 0.2) is 5.65 Å². The van der Waals surface area contributed by atoms with Crippen LogP contribution in [0.3, 0.4) is 0 Å². The number of H-pyrrole nitrogens is 1. The molecule has 8 heteroatoms. The Hall–Kier alpha value is -3.68. The molecule has 0 radical (unpaired) electrons. The molecule has 0 aliphatic heterocycles. The van der Waals surface area contributed by atoms with E-state index in [0.29, 0.717) is 28.6 Å². The zero-order chi connectivity index (χ0) is 19.4. The van der Waals surface area contributed by atoms with Crippen molar-refractivity contribution in [1.29, 1.82) is 0 Å². The molecule has 4 heterocycles. The molecule has 140 valence electrons. The van der Waals surface area contributed by atoms with Crippen LogP contribution in [0, 0.1) is 13.8 Å². The fraction of sp³-hybridized carbons (Fsp3) is 0.200. The standard InChI is InChI=1S/C20H18N6O2/c1-4-25-16-7-5-6-13(14(16)10-22-25)15-8-17(27)26-19(23-15)18(12(3)24-26)20-21-9-11(2)28-20/h5-10,24H,4H2,1-3H3. The summed E-state index contributed by atoms with van der Waals surface area (Å²) >= 11 is 0. The minimum Gasteiger partial charge on any atom is -0.441 e. The van der Waals surface area contributed by atoms with Gasteiger partial charge in [0.05, 0.1) is 23.6 Å². The third-order valence-electron chi connectivity index (χ3n) is 4.89. The fourth-order valence-corrected chi connectivity index (χ4v) is 3.59. The maximum Gasteiger partial charge on any atom is 0.273 e. The Morgan fingerprint density at radius 3 is 2.82 bits per heavy atom. The number of oxazole rings is 1. The summed E-state index contributed by atoms with van der Waals surface area (Å²) in [7, 11) is 0. The van der Waals surface area contributed by atoms with E-state index >= 15 is 0 Å². The van der Waals surface area contributed by atoms with Crippen LogP contribution in [0.15, 0.2) is 45.9 Å². The molecule has 1 aromatic carbocycles. The number of aromatic amines is 1. The topological polar surface area (TPSA) is 94.0 Å². The third kappa shape index (κ3) is 2.31. The summed E-state index contributed by atoms with van der Waals surface area (Å²) in [6, 6.07) is 7.46. The van der Waals surface area contributed by atoms with Gasteiger partial charge in [0, 0.05) is 29.3 Å². The van der Waals surface area contributed by atoms with Crippen LogP contribution in [0.4, 0.5) is 0 Å². The van der Waals surface area contributed by atoms with Crippen LogP contribution in [-0.4, -0.2) is 29.4 Å². The first kappa shape index (κ1) is 16.5. The molecule has 0 unspecified atom stereocenters. The Bertz CT molecular complexity index is 1400. The van der Waals surface area contributed by atoms with Crippen molar-refractivity contribution in [3.05, 3.63) is 58.5 Å². The number of hydrogen-bond acceptors (Lipinski definition) is 5. The summed E-state index contributed by atoms with van der Waals surface area (Å²) in [4.78, 5) is 21.9. The van der Waals surface area contributed by atoms with Crippen molar-refractivity contribution in [2.75, 3.05) is 0 Å². The molecule has 8 nitrogen and oxygen atoms in total. The number of nitrogens with zero attached hydrogens (tertiary/aromatic N) is 5. The second-order valence-corrected chi connectivity index (χ2v) is 6.73. The highest BCUT2D eigenvalue weighted by Crippen LogP contribution is 2.30. The number of hydrogen-bond donors (Lipinski definition) is 1. The largest absolute Gasteiger partial charge is 0.441 e. The molecule has 4 aromatic heterocycles. The van der Waals surface area contributed by atoms with Gasteiger partial charge < -0.3 is 4.42 Å². The average molecular weight is 374 g/mol. The van der Waals surface area contributed by atoms with E-state index in [-0.39, 0.29) is 5.56 Å². The molecule has 0 fully saturated rings. The molecular formula is C20H18N6O2. The molecule has 5 aromatic rings. The first-order chi connectivity index (χ1) is 13.6. The molecule has 5 rings (SSSR count). The minimum absolute atomic E-state index is 0.197. The summed E-state index contributed by atoms with van der Waals surface area (Å²) < 4.78 is 9.03. The van der Waals surface area contributed by atoms with Crippen molar-refractivity contribution in [3.63, 3.8) is 0 Å². The molecule has 28 heavy (non-hydrogen) atoms. The van der Waals surface area contributed by atoms with Crippen LogP contribution in [0.1, 0.15) is 18.4 Å². The Kier molecular flexibility index (Phi) is 3.48. The lowest BCUT2D eigenvalue weighted by Gasteiger charge is -2.05. The van der Waals surface area contributed by atoms with Crippen molar-refractivity contribution in [1.82, 2.24) is 29.4 Å². The van der Waals surface area contributed by atoms with Gasteiger partial charge in [-0.15, -0.1) is 0 Å². The Labute approximate surface area is 159 Å². The number of nitrogens with one attached hydrogen (secondary N) is 1. The Morgan fingerprint density at radius 1 is 1.21 bits per heavy atom. The van der Waals surface area contributed by atoms with Gasteiger partial charge in [0.2, 0.25) is 5.89 Å². The van der Waals surface area contributed by atoms with Gasteiger partial charge in [-0.2, -0.15) is 5.10 Å². The summed E-state index contributed by atoms with van der Waals surface area (Å²) in [5.74, 6) is 1.14. The molecule has 0 aliphatic carbocycles. The molecule has 0 aliphatic rings. The fourth-order valence-electron chi connectivity index (χ4n) is 3.59. The average Bonchev–Trinajstić information content (AvgIpc) is 3.37. The lowest BCUT2D eigenvalue weighted by atomic mass is 10.1. The summed E-state index contributed by atoms with van der Waals surface area (Å²) in [6.45, 7) is 6.52. The molecule has 1 N–H and O–H groups in total. The smallest absolute Gasteiger partial charge is 0.273 e. The van der Waals surface area contributed by atoms with E-state index in [2.05, 4.69) is 15.2 Å². The third-order valence-corrected chi connectivity index (χ3v) is 4.89. The summed E-state index contributed by atoms with van der Waals surface area (Å²) in [5, 5.41) is 8.45. The number of aromatic nitrogens is 6. The maximum absolute atomic E-state index is 12.8. The van der Waals surface area contributed by atoms with Gasteiger partial charge in [-0.25, -0.2) is 14.5 Å². The first-order valence-corrected chi connectivity index (χ1v) is 9.07. The van der Waals surface area contributed by atoms with E-state index in [4.69, 9.17) is 9.40 Å². The van der Waals surface area contributed by atoms with E-state index in [1.54, 1.807) is 6.20 Å². The van der Waals surface area contributed by atoms with Crippen LogP contribution >= 0.6 is 0 Å². The second kappa shape index (κ2) is 5.91. The summed E-state index contributed by atoms with van der Waals surface area (Å²) in [5.41, 5.74) is 4.21. The lowest BCUT2D eigenvalue weighted by Crippen LogP contribution is -2.14. The van der Waals surface area contributed by atoms with Gasteiger partial charge >= 0.3 is 0 Å². The Balaban J connectivity index is 1.81. The van der Waals surface area contributed by atoms with Crippen LogP contribution < -0.4 is 5.56 Å². The van der Waals surface area contributed by atoms with Gasteiger partial charge in [0.1, 0.15) is 11.3 Å². The molecule has 0 bridgehead atoms. The quantitative estimate of drug-likeness (QED) is 0.523. The van der Waals surface area contributed by atoms with Crippen molar-refractivity contribution < 1.29 is 4.42 Å². The number of benzene rings is 1. The Morgan fingerprint density at radius 2 is 2.07 bits per heavy atom. The van der Waals surface area contributed by atoms with Crippen molar-refractivity contribution in [2.24, 2.45) is 0 Å². The van der Waals surface area contributed by atoms with E-state index in [1.807, 2.05) is 49.8 Å². The van der Waals surface area contributed by atoms with E-state index in [1.165, 1.54) is 10.6 Å². The van der Waals surface area contributed by atoms with Gasteiger partial charge in [-0.05, 0) is 26.8 Å². The highest BCUT2D eigenvalue weighted by molar-refractivity contribution is 5.94. The summed E-state index contributed by atoms with van der Waals surface area (Å²) in [6.07, 6.45) is 3.47. The second-order valence-electron chi connectivity index (χ2n) is 6.73. The van der Waals surface area contributed by atoms with E-state index < -0.39 is 0 Å². The van der Waals surface area contributed by atoms with Crippen molar-refractivity contribution in [3.8, 4) is 22.7 Å². The van der Waals surface area contributed by atoms with Crippen molar-refractivity contribution in [2.45, 2.75) is 27.3 Å². The maximum atomic E-state index is 12.8. The van der Waals surface area contributed by atoms with Crippen LogP contribution in [-0.2, 0) is 6.54 Å². The van der Waals surface area contributed by atoms with Gasteiger partial charge in [-0.3, -0.25) is 14.6 Å². The van der Waals surface area contributed by atoms with Crippen LogP contribution in [0.5, 0.6) is 0 Å². The molecule has 0 saturated heterocycles. The predicted molar refractivity (Wildman–Crippen MR) is 105 cm³/mol.